The highest BCUT2D eigenvalue weighted by Crippen LogP contribution is 2.21. The van der Waals surface area contributed by atoms with Crippen LogP contribution in [0.15, 0.2) is 0 Å². The monoisotopic (exact) mass is 255 g/mol. The van der Waals surface area contributed by atoms with Gasteiger partial charge >= 0.3 is 0 Å². The fourth-order valence-electron chi connectivity index (χ4n) is 2.04. The summed E-state index contributed by atoms with van der Waals surface area (Å²) >= 11 is 5.93. The van der Waals surface area contributed by atoms with E-state index in [0.717, 1.165) is 13.1 Å². The molecule has 1 saturated heterocycles. The molecule has 1 unspecified atom stereocenters. The molecule has 1 aliphatic rings. The molecular weight excluding hydrogens is 238 g/mol. The van der Waals surface area contributed by atoms with Crippen LogP contribution >= 0.6 is 11.6 Å². The van der Waals surface area contributed by atoms with E-state index in [4.69, 9.17) is 11.6 Å². The van der Waals surface area contributed by atoms with Gasteiger partial charge in [0.1, 0.15) is 0 Å². The lowest BCUT2D eigenvalue weighted by Gasteiger charge is -2.31. The van der Waals surface area contributed by atoms with Gasteiger partial charge in [-0.15, -0.1) is 0 Å². The van der Waals surface area contributed by atoms with Crippen molar-refractivity contribution in [2.24, 2.45) is 5.92 Å². The SMILES string of the molecule is CC1CCCN(c2nc(Cl)nc(N(C)C)n2)C1. The first-order chi connectivity index (χ1) is 8.06. The summed E-state index contributed by atoms with van der Waals surface area (Å²) in [7, 11) is 3.79. The zero-order valence-electron chi connectivity index (χ0n) is 10.5. The second-order valence-corrected chi connectivity index (χ2v) is 5.13. The Labute approximate surface area is 107 Å². The van der Waals surface area contributed by atoms with Crippen molar-refractivity contribution in [3.8, 4) is 0 Å². The van der Waals surface area contributed by atoms with Gasteiger partial charge in [-0.25, -0.2) is 0 Å². The van der Waals surface area contributed by atoms with Gasteiger partial charge in [0, 0.05) is 27.2 Å². The molecule has 0 radical (unpaired) electrons. The molecule has 1 fully saturated rings. The summed E-state index contributed by atoms with van der Waals surface area (Å²) in [5.74, 6) is 1.99. The normalized spacial score (nSPS) is 20.5. The van der Waals surface area contributed by atoms with Crippen molar-refractivity contribution in [2.75, 3.05) is 37.0 Å². The molecule has 2 rings (SSSR count). The Morgan fingerprint density at radius 3 is 2.71 bits per heavy atom. The molecule has 0 bridgehead atoms. The van der Waals surface area contributed by atoms with Crippen molar-refractivity contribution in [1.29, 1.82) is 0 Å². The molecule has 17 heavy (non-hydrogen) atoms. The molecule has 0 saturated carbocycles. The maximum atomic E-state index is 5.93. The Morgan fingerprint density at radius 1 is 1.29 bits per heavy atom. The van der Waals surface area contributed by atoms with E-state index >= 15 is 0 Å². The van der Waals surface area contributed by atoms with E-state index < -0.39 is 0 Å². The van der Waals surface area contributed by atoms with Gasteiger partial charge in [0.25, 0.3) is 0 Å². The van der Waals surface area contributed by atoms with Crippen LogP contribution in [0.25, 0.3) is 0 Å². The topological polar surface area (TPSA) is 45.2 Å². The Morgan fingerprint density at radius 2 is 2.06 bits per heavy atom. The van der Waals surface area contributed by atoms with Gasteiger partial charge in [0.05, 0.1) is 0 Å². The first kappa shape index (κ1) is 12.4. The minimum absolute atomic E-state index is 0.261. The van der Waals surface area contributed by atoms with Crippen LogP contribution < -0.4 is 9.80 Å². The molecule has 0 amide bonds. The van der Waals surface area contributed by atoms with Crippen molar-refractivity contribution in [3.63, 3.8) is 0 Å². The van der Waals surface area contributed by atoms with E-state index in [1.807, 2.05) is 19.0 Å². The number of halogens is 1. The van der Waals surface area contributed by atoms with Gasteiger partial charge in [0.2, 0.25) is 17.2 Å². The van der Waals surface area contributed by atoms with Gasteiger partial charge in [-0.2, -0.15) is 15.0 Å². The summed E-state index contributed by atoms with van der Waals surface area (Å²) in [6.07, 6.45) is 2.46. The van der Waals surface area contributed by atoms with Gasteiger partial charge in [0.15, 0.2) is 0 Å². The molecule has 0 aliphatic carbocycles. The Hall–Kier alpha value is -1.10. The third-order valence-corrected chi connectivity index (χ3v) is 3.09. The van der Waals surface area contributed by atoms with Crippen molar-refractivity contribution in [2.45, 2.75) is 19.8 Å². The number of rotatable bonds is 2. The zero-order valence-corrected chi connectivity index (χ0v) is 11.3. The first-order valence-electron chi connectivity index (χ1n) is 5.90. The van der Waals surface area contributed by atoms with Crippen molar-refractivity contribution in [1.82, 2.24) is 15.0 Å². The van der Waals surface area contributed by atoms with Gasteiger partial charge in [-0.3, -0.25) is 0 Å². The standard InChI is InChI=1S/C11H18ClN5/c1-8-5-4-6-17(7-8)11-14-9(12)13-10(15-11)16(2)3/h8H,4-7H2,1-3H3. The predicted octanol–water partition coefficient (Wildman–Crippen LogP) is 1.83. The number of aromatic nitrogens is 3. The summed E-state index contributed by atoms with van der Waals surface area (Å²) in [5, 5.41) is 0.261. The number of hydrogen-bond donors (Lipinski definition) is 0. The maximum absolute atomic E-state index is 5.93. The molecule has 1 aromatic rings. The number of anilines is 2. The Bertz CT molecular complexity index is 395. The number of nitrogens with zero attached hydrogens (tertiary/aromatic N) is 5. The molecule has 5 nitrogen and oxygen atoms in total. The highest BCUT2D eigenvalue weighted by molar-refractivity contribution is 6.28. The highest BCUT2D eigenvalue weighted by Gasteiger charge is 2.20. The lowest BCUT2D eigenvalue weighted by molar-refractivity contribution is 0.441. The summed E-state index contributed by atoms with van der Waals surface area (Å²) in [5.41, 5.74) is 0. The second kappa shape index (κ2) is 5.04. The molecule has 0 spiro atoms. The lowest BCUT2D eigenvalue weighted by atomic mass is 10.0. The second-order valence-electron chi connectivity index (χ2n) is 4.79. The third kappa shape index (κ3) is 2.97. The molecular formula is C11H18ClN5. The van der Waals surface area contributed by atoms with Crippen LogP contribution in [0.3, 0.4) is 0 Å². The molecule has 0 N–H and O–H groups in total. The zero-order chi connectivity index (χ0) is 12.4. The molecule has 2 heterocycles. The van der Waals surface area contributed by atoms with Crippen molar-refractivity contribution in [3.05, 3.63) is 5.28 Å². The first-order valence-corrected chi connectivity index (χ1v) is 6.28. The molecule has 6 heteroatoms. The largest absolute Gasteiger partial charge is 0.347 e. The quantitative estimate of drug-likeness (QED) is 0.807. The highest BCUT2D eigenvalue weighted by atomic mass is 35.5. The van der Waals surface area contributed by atoms with Crippen LogP contribution in [0.2, 0.25) is 5.28 Å². The Balaban J connectivity index is 2.25. The van der Waals surface area contributed by atoms with E-state index in [9.17, 15) is 0 Å². The number of piperidine rings is 1. The molecule has 0 aromatic carbocycles. The van der Waals surface area contributed by atoms with Crippen LogP contribution in [0.5, 0.6) is 0 Å². The van der Waals surface area contributed by atoms with Crippen LogP contribution in [-0.4, -0.2) is 42.1 Å². The van der Waals surface area contributed by atoms with E-state index in [1.54, 1.807) is 0 Å². The van der Waals surface area contributed by atoms with Crippen LogP contribution in [0, 0.1) is 5.92 Å². The average molecular weight is 256 g/mol. The minimum atomic E-state index is 0.261. The number of hydrogen-bond acceptors (Lipinski definition) is 5. The van der Waals surface area contributed by atoms with Crippen LogP contribution in [-0.2, 0) is 0 Å². The average Bonchev–Trinajstić information content (AvgIpc) is 2.28. The minimum Gasteiger partial charge on any atom is -0.347 e. The molecule has 1 atom stereocenters. The van der Waals surface area contributed by atoms with E-state index in [-0.39, 0.29) is 5.28 Å². The van der Waals surface area contributed by atoms with E-state index in [1.165, 1.54) is 12.8 Å². The predicted molar refractivity (Wildman–Crippen MR) is 69.8 cm³/mol. The maximum Gasteiger partial charge on any atom is 0.231 e. The van der Waals surface area contributed by atoms with Gasteiger partial charge in [-0.1, -0.05) is 6.92 Å². The molecule has 1 aromatic heterocycles. The third-order valence-electron chi connectivity index (χ3n) is 2.92. The summed E-state index contributed by atoms with van der Waals surface area (Å²) in [4.78, 5) is 16.8. The van der Waals surface area contributed by atoms with Crippen LogP contribution in [0.1, 0.15) is 19.8 Å². The summed E-state index contributed by atoms with van der Waals surface area (Å²) < 4.78 is 0. The van der Waals surface area contributed by atoms with Crippen molar-refractivity contribution < 1.29 is 0 Å². The van der Waals surface area contributed by atoms with E-state index in [2.05, 4.69) is 26.8 Å². The lowest BCUT2D eigenvalue weighted by Crippen LogP contribution is -2.35. The Kier molecular flexibility index (Phi) is 3.66. The summed E-state index contributed by atoms with van der Waals surface area (Å²) in [6, 6.07) is 0. The summed E-state index contributed by atoms with van der Waals surface area (Å²) in [6.45, 7) is 4.24. The van der Waals surface area contributed by atoms with Gasteiger partial charge < -0.3 is 9.80 Å². The fourth-order valence-corrected chi connectivity index (χ4v) is 2.19. The van der Waals surface area contributed by atoms with Crippen LogP contribution in [0.4, 0.5) is 11.9 Å². The van der Waals surface area contributed by atoms with Crippen molar-refractivity contribution >= 4 is 23.5 Å². The van der Waals surface area contributed by atoms with Gasteiger partial charge in [-0.05, 0) is 30.4 Å². The molecule has 1 aliphatic heterocycles. The fraction of sp³-hybridized carbons (Fsp3) is 0.727. The molecule has 94 valence electrons. The van der Waals surface area contributed by atoms with E-state index in [0.29, 0.717) is 17.8 Å². The smallest absolute Gasteiger partial charge is 0.231 e.